The fourth-order valence-electron chi connectivity index (χ4n) is 8.17. The van der Waals surface area contributed by atoms with Crippen LogP contribution in [0.2, 0.25) is 0 Å². The maximum absolute atomic E-state index is 5.33. The average molecular weight is 793 g/mol. The number of rotatable bonds is 8. The average Bonchev–Trinajstić information content (AvgIpc) is 3.36. The molecule has 6 heteroatoms. The van der Waals surface area contributed by atoms with Gasteiger partial charge in [-0.15, -0.1) is 0 Å². The van der Waals surface area contributed by atoms with Crippen LogP contribution >= 0.6 is 0 Å². The van der Waals surface area contributed by atoms with Gasteiger partial charge in [-0.1, -0.05) is 206 Å². The molecule has 290 valence electrons. The first-order chi connectivity index (χ1) is 30.7. The summed E-state index contributed by atoms with van der Waals surface area (Å²) in [5.74, 6) is 3.52. The van der Waals surface area contributed by atoms with E-state index in [1.807, 2.05) is 133 Å². The molecule has 6 nitrogen and oxygen atoms in total. The second-order valence-electron chi connectivity index (χ2n) is 15.1. The maximum atomic E-state index is 5.33. The van der Waals surface area contributed by atoms with Crippen molar-refractivity contribution in [1.82, 2.24) is 29.9 Å². The number of nitrogens with zero attached hydrogens (tertiary/aromatic N) is 6. The zero-order valence-corrected chi connectivity index (χ0v) is 33.5. The van der Waals surface area contributed by atoms with E-state index in [0.717, 1.165) is 77.2 Å². The van der Waals surface area contributed by atoms with E-state index in [2.05, 4.69) is 84.9 Å². The minimum Gasteiger partial charge on any atom is -0.208 e. The van der Waals surface area contributed by atoms with Crippen molar-refractivity contribution in [2.45, 2.75) is 0 Å². The van der Waals surface area contributed by atoms with E-state index < -0.39 is 0 Å². The monoisotopic (exact) mass is 792 g/mol. The van der Waals surface area contributed by atoms with E-state index in [9.17, 15) is 0 Å². The van der Waals surface area contributed by atoms with Gasteiger partial charge in [-0.3, -0.25) is 0 Å². The van der Waals surface area contributed by atoms with Gasteiger partial charge in [0.05, 0.1) is 0 Å². The molecule has 0 radical (unpaired) electrons. The third-order valence-electron chi connectivity index (χ3n) is 11.2. The Morgan fingerprint density at radius 1 is 0.177 bits per heavy atom. The highest BCUT2D eigenvalue weighted by atomic mass is 15.0. The van der Waals surface area contributed by atoms with E-state index in [0.29, 0.717) is 34.9 Å². The molecular formula is C56H36N6. The highest BCUT2D eigenvalue weighted by Gasteiger charge is 2.24. The molecule has 0 amide bonds. The molecule has 9 aromatic carbocycles. The van der Waals surface area contributed by atoms with Crippen molar-refractivity contribution in [3.8, 4) is 90.6 Å². The van der Waals surface area contributed by atoms with Crippen LogP contribution < -0.4 is 0 Å². The van der Waals surface area contributed by atoms with Crippen LogP contribution in [0.5, 0.6) is 0 Å². The van der Waals surface area contributed by atoms with Crippen molar-refractivity contribution in [3.05, 3.63) is 218 Å². The van der Waals surface area contributed by atoms with Crippen molar-refractivity contribution in [2.24, 2.45) is 0 Å². The summed E-state index contributed by atoms with van der Waals surface area (Å²) in [7, 11) is 0. The Kier molecular flexibility index (Phi) is 9.41. The molecule has 0 aliphatic heterocycles. The van der Waals surface area contributed by atoms with Gasteiger partial charge in [-0.2, -0.15) is 0 Å². The number of hydrogen-bond acceptors (Lipinski definition) is 6. The molecule has 62 heavy (non-hydrogen) atoms. The van der Waals surface area contributed by atoms with Gasteiger partial charge < -0.3 is 0 Å². The Morgan fingerprint density at radius 2 is 0.419 bits per heavy atom. The molecule has 2 heterocycles. The van der Waals surface area contributed by atoms with Crippen molar-refractivity contribution >= 4 is 21.5 Å². The summed E-state index contributed by atoms with van der Waals surface area (Å²) in [4.78, 5) is 31.5. The maximum Gasteiger partial charge on any atom is 0.165 e. The highest BCUT2D eigenvalue weighted by molar-refractivity contribution is 6.21. The minimum atomic E-state index is 0.572. The molecule has 0 aliphatic rings. The smallest absolute Gasteiger partial charge is 0.165 e. The van der Waals surface area contributed by atoms with Crippen LogP contribution in [0.15, 0.2) is 218 Å². The second kappa shape index (κ2) is 15.9. The summed E-state index contributed by atoms with van der Waals surface area (Å²) in [6.07, 6.45) is 0. The van der Waals surface area contributed by atoms with E-state index in [1.165, 1.54) is 0 Å². The molecule has 11 rings (SSSR count). The molecular weight excluding hydrogens is 757 g/mol. The number of hydrogen-bond donors (Lipinski definition) is 0. The van der Waals surface area contributed by atoms with Gasteiger partial charge in [0.1, 0.15) is 0 Å². The van der Waals surface area contributed by atoms with Gasteiger partial charge in [0, 0.05) is 33.4 Å². The molecule has 0 N–H and O–H groups in total. The van der Waals surface area contributed by atoms with Crippen LogP contribution in [0.3, 0.4) is 0 Å². The van der Waals surface area contributed by atoms with Crippen LogP contribution in [-0.2, 0) is 0 Å². The predicted molar refractivity (Wildman–Crippen MR) is 252 cm³/mol. The van der Waals surface area contributed by atoms with Gasteiger partial charge >= 0.3 is 0 Å². The lowest BCUT2D eigenvalue weighted by molar-refractivity contribution is 1.07. The standard InChI is InChI=1S/C56H36N6/c1-7-19-37(20-8-1)43-31-33-45-47(35-43)49(55-59-51(39-23-11-3-12-24-39)57-52(60-55)40-25-13-4-14-26-40)46-34-32-44(38-21-9-2-10-22-38)36-48(46)50(45)56-61-53(41-27-15-5-16-28-41)58-54(62-56)42-29-17-6-18-30-42/h1-36H. The Bertz CT molecular complexity index is 3020. The summed E-state index contributed by atoms with van der Waals surface area (Å²) in [5, 5.41) is 3.86. The molecule has 0 aliphatic carbocycles. The quantitative estimate of drug-likeness (QED) is 0.143. The molecule has 0 unspecified atom stereocenters. The Balaban J connectivity index is 1.29. The second-order valence-corrected chi connectivity index (χ2v) is 15.1. The molecule has 2 aromatic heterocycles. The lowest BCUT2D eigenvalue weighted by Gasteiger charge is -2.19. The van der Waals surface area contributed by atoms with Crippen LogP contribution in [0.1, 0.15) is 0 Å². The lowest BCUT2D eigenvalue weighted by atomic mass is 9.87. The molecule has 11 aromatic rings. The van der Waals surface area contributed by atoms with E-state index >= 15 is 0 Å². The predicted octanol–water partition coefficient (Wildman–Crippen LogP) is 13.7. The van der Waals surface area contributed by atoms with Crippen molar-refractivity contribution < 1.29 is 0 Å². The van der Waals surface area contributed by atoms with Crippen LogP contribution in [0.4, 0.5) is 0 Å². The summed E-state index contributed by atoms with van der Waals surface area (Å²) in [6, 6.07) is 74.7. The summed E-state index contributed by atoms with van der Waals surface area (Å²) >= 11 is 0. The topological polar surface area (TPSA) is 77.3 Å². The molecule has 0 spiro atoms. The van der Waals surface area contributed by atoms with Gasteiger partial charge in [0.25, 0.3) is 0 Å². The number of fused-ring (bicyclic) bond motifs is 2. The first-order valence-corrected chi connectivity index (χ1v) is 20.6. The van der Waals surface area contributed by atoms with Gasteiger partial charge in [0.2, 0.25) is 0 Å². The van der Waals surface area contributed by atoms with Gasteiger partial charge in [-0.05, 0) is 55.9 Å². The largest absolute Gasteiger partial charge is 0.208 e. The fourth-order valence-corrected chi connectivity index (χ4v) is 8.17. The Morgan fingerprint density at radius 3 is 0.694 bits per heavy atom. The third-order valence-corrected chi connectivity index (χ3v) is 11.2. The van der Waals surface area contributed by atoms with Crippen molar-refractivity contribution in [1.29, 1.82) is 0 Å². The van der Waals surface area contributed by atoms with Gasteiger partial charge in [0.15, 0.2) is 34.9 Å². The van der Waals surface area contributed by atoms with E-state index in [-0.39, 0.29) is 0 Å². The summed E-state index contributed by atoms with van der Waals surface area (Å²) < 4.78 is 0. The molecule has 0 bridgehead atoms. The minimum absolute atomic E-state index is 0.572. The fraction of sp³-hybridized carbons (Fsp3) is 0. The molecule has 0 saturated carbocycles. The molecule has 0 saturated heterocycles. The first kappa shape index (κ1) is 36.6. The summed E-state index contributed by atoms with van der Waals surface area (Å²) in [6.45, 7) is 0. The molecule has 0 atom stereocenters. The Hall–Kier alpha value is -8.48. The Labute approximate surface area is 359 Å². The van der Waals surface area contributed by atoms with Crippen LogP contribution in [0.25, 0.3) is 112 Å². The van der Waals surface area contributed by atoms with Gasteiger partial charge in [-0.25, -0.2) is 29.9 Å². The highest BCUT2D eigenvalue weighted by Crippen LogP contribution is 2.45. The van der Waals surface area contributed by atoms with Crippen molar-refractivity contribution in [3.63, 3.8) is 0 Å². The van der Waals surface area contributed by atoms with Crippen molar-refractivity contribution in [2.75, 3.05) is 0 Å². The first-order valence-electron chi connectivity index (χ1n) is 20.6. The zero-order chi connectivity index (χ0) is 41.2. The summed E-state index contributed by atoms with van der Waals surface area (Å²) in [5.41, 5.74) is 9.75. The lowest BCUT2D eigenvalue weighted by Crippen LogP contribution is -2.03. The normalized spacial score (nSPS) is 11.2. The van der Waals surface area contributed by atoms with E-state index in [1.54, 1.807) is 0 Å². The van der Waals surface area contributed by atoms with Crippen LogP contribution in [0, 0.1) is 0 Å². The zero-order valence-electron chi connectivity index (χ0n) is 33.5. The molecule has 0 fully saturated rings. The number of aromatic nitrogens is 6. The van der Waals surface area contributed by atoms with Crippen LogP contribution in [-0.4, -0.2) is 29.9 Å². The van der Waals surface area contributed by atoms with E-state index in [4.69, 9.17) is 29.9 Å². The SMILES string of the molecule is c1ccc(-c2ccc3c(-c4nc(-c5ccccc5)nc(-c5ccccc5)n4)c4cc(-c5ccccc5)ccc4c(-c4nc(-c5ccccc5)nc(-c5ccccc5)n4)c3c2)cc1. The third kappa shape index (κ3) is 6.95. The number of benzene rings is 9.